The monoisotopic (exact) mass is 563 g/mol. The molecule has 3 aliphatic rings. The maximum atomic E-state index is 4.11. The molecule has 0 spiro atoms. The van der Waals surface area contributed by atoms with E-state index < -0.39 is 0 Å². The number of pyridine rings is 4. The average molecular weight is 564 g/mol. The van der Waals surface area contributed by atoms with Gasteiger partial charge in [-0.3, -0.25) is 24.9 Å². The Bertz CT molecular complexity index is 1190. The van der Waals surface area contributed by atoms with E-state index in [0.29, 0.717) is 0 Å². The Labute approximate surface area is 245 Å². The first-order valence-corrected chi connectivity index (χ1v) is 11.4. The van der Waals surface area contributed by atoms with E-state index in [4.69, 9.17) is 0 Å². The van der Waals surface area contributed by atoms with Crippen molar-refractivity contribution in [2.45, 2.75) is 33.2 Å². The van der Waals surface area contributed by atoms with Gasteiger partial charge in [-0.25, -0.2) is 11.6 Å². The molecule has 0 unspecified atom stereocenters. The van der Waals surface area contributed by atoms with Crippen molar-refractivity contribution >= 4 is 24.2 Å². The van der Waals surface area contributed by atoms with Crippen LogP contribution in [0.3, 0.4) is 0 Å². The van der Waals surface area contributed by atoms with Crippen LogP contribution in [0.4, 0.5) is 5.69 Å². The third kappa shape index (κ3) is 9.30. The number of fused-ring (bicyclic) bond motifs is 3. The summed E-state index contributed by atoms with van der Waals surface area (Å²) >= 11 is 0. The maximum Gasteiger partial charge on any atom is 0.0844 e. The fourth-order valence-electron chi connectivity index (χ4n) is 3.47. The van der Waals surface area contributed by atoms with Crippen LogP contribution in [0.1, 0.15) is 40.8 Å². The molecule has 7 heteroatoms. The molecule has 2 aliphatic heterocycles. The number of aromatic nitrogens is 4. The minimum Gasteiger partial charge on any atom is -0.342 e. The summed E-state index contributed by atoms with van der Waals surface area (Å²) in [7, 11) is 0. The number of allylic oxidation sites excluding steroid dienone is 1. The number of hydrogen-bond acceptors (Lipinski definition) is 6. The fourth-order valence-corrected chi connectivity index (χ4v) is 3.47. The first-order valence-electron chi connectivity index (χ1n) is 11.4. The summed E-state index contributed by atoms with van der Waals surface area (Å²) in [5.41, 5.74) is 8.53. The summed E-state index contributed by atoms with van der Waals surface area (Å²) in [6.45, 7) is 4.53. The Morgan fingerprint density at radius 1 is 0.784 bits per heavy atom. The summed E-state index contributed by atoms with van der Waals surface area (Å²) in [6.07, 6.45) is 25.3. The predicted molar refractivity (Wildman–Crippen MR) is 147 cm³/mol. The second-order valence-electron chi connectivity index (χ2n) is 7.76. The van der Waals surface area contributed by atoms with E-state index in [0.717, 1.165) is 42.6 Å². The second kappa shape index (κ2) is 16.5. The van der Waals surface area contributed by atoms with Crippen molar-refractivity contribution < 1.29 is 32.7 Å². The van der Waals surface area contributed by atoms with Crippen molar-refractivity contribution in [1.82, 2.24) is 19.9 Å². The van der Waals surface area contributed by atoms with Crippen LogP contribution in [0, 0.1) is 13.0 Å². The molecule has 4 aromatic heterocycles. The molecule has 0 saturated heterocycles. The van der Waals surface area contributed by atoms with E-state index in [-0.39, 0.29) is 40.1 Å². The molecule has 6 nitrogen and oxygen atoms in total. The molecule has 7 rings (SSSR count). The zero-order chi connectivity index (χ0) is 24.1. The zero-order valence-corrected chi connectivity index (χ0v) is 22.9. The van der Waals surface area contributed by atoms with E-state index in [1.165, 1.54) is 22.3 Å². The van der Waals surface area contributed by atoms with Crippen molar-refractivity contribution in [3.05, 3.63) is 126 Å². The van der Waals surface area contributed by atoms with Crippen LogP contribution < -0.4 is 0 Å². The zero-order valence-electron chi connectivity index (χ0n) is 20.0. The molecule has 0 fully saturated rings. The standard InChI is InChI=1S/C8H7N.2C7H6N2.C7H7N.CH4.Y/c1-2-7-4-5-9-6-8(7)3-1;1-3-8-5-7-6(1)2-4-9-7;1-2-8-4-7-5-9-3-6(1)7;1-2-7-3-5-8-6-4-7;;/h1,3-6H,2H2;1,3-5H,2H2;1-2,4-5H,3H2;3,5-6H,1-2H2;1H4;/q;;;-2;;. The molecule has 1 aliphatic carbocycles. The quantitative estimate of drug-likeness (QED) is 0.271. The Morgan fingerprint density at radius 3 is 2.14 bits per heavy atom. The molecule has 185 valence electrons. The molecular formula is C30H30N6Y-2. The second-order valence-corrected chi connectivity index (χ2v) is 7.76. The van der Waals surface area contributed by atoms with Gasteiger partial charge in [0.05, 0.1) is 18.4 Å². The summed E-state index contributed by atoms with van der Waals surface area (Å²) < 4.78 is 0. The molecule has 6 heterocycles. The topological polar surface area (TPSA) is 76.3 Å². The minimum absolute atomic E-state index is 0. The van der Waals surface area contributed by atoms with E-state index >= 15 is 0 Å². The van der Waals surface area contributed by atoms with Crippen molar-refractivity contribution in [2.75, 3.05) is 0 Å². The van der Waals surface area contributed by atoms with Gasteiger partial charge in [-0.2, -0.15) is 12.5 Å². The van der Waals surface area contributed by atoms with Gasteiger partial charge in [-0.05, 0) is 46.9 Å². The van der Waals surface area contributed by atoms with E-state index in [1.807, 2.05) is 49.2 Å². The molecule has 0 aromatic carbocycles. The van der Waals surface area contributed by atoms with E-state index in [9.17, 15) is 0 Å². The van der Waals surface area contributed by atoms with Gasteiger partial charge in [0.25, 0.3) is 0 Å². The first kappa shape index (κ1) is 30.0. The van der Waals surface area contributed by atoms with Gasteiger partial charge in [-0.15, -0.1) is 0 Å². The fraction of sp³-hybridized carbons (Fsp3) is 0.167. The molecular weight excluding hydrogens is 533 g/mol. The van der Waals surface area contributed by atoms with Crippen LogP contribution >= 0.6 is 0 Å². The Kier molecular flexibility index (Phi) is 13.4. The summed E-state index contributed by atoms with van der Waals surface area (Å²) in [5, 5.41) is 0. The van der Waals surface area contributed by atoms with Crippen molar-refractivity contribution in [3.63, 3.8) is 0 Å². The van der Waals surface area contributed by atoms with Gasteiger partial charge in [0.2, 0.25) is 0 Å². The number of nitrogens with zero attached hydrogens (tertiary/aromatic N) is 6. The van der Waals surface area contributed by atoms with Crippen LogP contribution in [-0.4, -0.2) is 32.4 Å². The van der Waals surface area contributed by atoms with Gasteiger partial charge in [0.1, 0.15) is 0 Å². The summed E-state index contributed by atoms with van der Waals surface area (Å²) in [4.78, 5) is 23.9. The largest absolute Gasteiger partial charge is 0.342 e. The van der Waals surface area contributed by atoms with Crippen LogP contribution in [0.5, 0.6) is 0 Å². The van der Waals surface area contributed by atoms with Crippen LogP contribution in [0.15, 0.2) is 89.9 Å². The molecule has 1 radical (unpaired) electrons. The molecule has 4 aromatic rings. The molecule has 0 bridgehead atoms. The van der Waals surface area contributed by atoms with Gasteiger partial charge in [-0.1, -0.05) is 32.0 Å². The number of rotatable bonds is 1. The van der Waals surface area contributed by atoms with Crippen LogP contribution in [0.2, 0.25) is 0 Å². The van der Waals surface area contributed by atoms with Crippen LogP contribution in [0.25, 0.3) is 6.08 Å². The smallest absolute Gasteiger partial charge is 0.0844 e. The number of hydrogen-bond donors (Lipinski definition) is 0. The maximum absolute atomic E-state index is 4.11. The molecule has 0 saturated carbocycles. The summed E-state index contributed by atoms with van der Waals surface area (Å²) in [5.74, 6) is 0. The average Bonchev–Trinajstić information content (AvgIpc) is 3.70. The van der Waals surface area contributed by atoms with Crippen LogP contribution in [-0.2, 0) is 58.5 Å². The predicted octanol–water partition coefficient (Wildman–Crippen LogP) is 5.90. The van der Waals surface area contributed by atoms with Crippen molar-refractivity contribution in [1.29, 1.82) is 0 Å². The van der Waals surface area contributed by atoms with Gasteiger partial charge >= 0.3 is 0 Å². The molecule has 37 heavy (non-hydrogen) atoms. The normalized spacial score (nSPS) is 12.0. The van der Waals surface area contributed by atoms with E-state index in [1.54, 1.807) is 31.0 Å². The van der Waals surface area contributed by atoms with Gasteiger partial charge in [0, 0.05) is 88.1 Å². The van der Waals surface area contributed by atoms with Crippen molar-refractivity contribution in [3.8, 4) is 0 Å². The third-order valence-corrected chi connectivity index (χ3v) is 5.40. The van der Waals surface area contributed by atoms with Crippen molar-refractivity contribution in [2.24, 2.45) is 9.98 Å². The Hall–Kier alpha value is -3.22. The Balaban J connectivity index is 0.000000171. The van der Waals surface area contributed by atoms with E-state index in [2.05, 4.69) is 61.1 Å². The van der Waals surface area contributed by atoms with Gasteiger partial charge < -0.3 is 11.9 Å². The Morgan fingerprint density at radius 2 is 1.49 bits per heavy atom. The SMILES string of the molecule is C.C1=Cc2cnccc2C1.C1=NCc2ccncc21.C1=Nc2cnccc2C1.[CH2-]Cc1[c-]cncc1.[Y]. The third-order valence-electron chi connectivity index (χ3n) is 5.40. The summed E-state index contributed by atoms with van der Waals surface area (Å²) in [6, 6.07) is 10.9. The van der Waals surface area contributed by atoms with Gasteiger partial charge in [0.15, 0.2) is 0 Å². The molecule has 0 amide bonds. The minimum atomic E-state index is 0. The molecule has 0 N–H and O–H groups in total. The number of aliphatic imine (C=N–C) groups is 2. The molecule has 0 atom stereocenters. The first-order chi connectivity index (χ1) is 17.3.